The SMILES string of the molecule is C/C=C/C(=O)O[C@@H]1/C=C\[C@H](O)[C@@H](OC(C)=O)CCC(=O)O[C@H]1C. The Labute approximate surface area is 134 Å². The molecular weight excluding hydrogens is 304 g/mol. The van der Waals surface area contributed by atoms with Gasteiger partial charge in [-0.2, -0.15) is 0 Å². The zero-order valence-corrected chi connectivity index (χ0v) is 13.4. The van der Waals surface area contributed by atoms with Gasteiger partial charge in [-0.25, -0.2) is 4.79 Å². The Bertz CT molecular complexity index is 495. The molecule has 0 bridgehead atoms. The summed E-state index contributed by atoms with van der Waals surface area (Å²) in [5.41, 5.74) is 0. The predicted molar refractivity (Wildman–Crippen MR) is 80.2 cm³/mol. The summed E-state index contributed by atoms with van der Waals surface area (Å²) in [6.45, 7) is 4.48. The van der Waals surface area contributed by atoms with E-state index in [4.69, 9.17) is 14.2 Å². The van der Waals surface area contributed by atoms with Crippen molar-refractivity contribution in [2.75, 3.05) is 0 Å². The molecule has 0 aliphatic carbocycles. The molecule has 0 radical (unpaired) electrons. The van der Waals surface area contributed by atoms with Gasteiger partial charge in [0.15, 0.2) is 6.10 Å². The minimum Gasteiger partial charge on any atom is -0.459 e. The van der Waals surface area contributed by atoms with Crippen LogP contribution in [0.25, 0.3) is 0 Å². The minimum atomic E-state index is -1.11. The van der Waals surface area contributed by atoms with Crippen LogP contribution in [0.3, 0.4) is 0 Å². The number of aliphatic hydroxyl groups is 1. The molecule has 7 heteroatoms. The van der Waals surface area contributed by atoms with Gasteiger partial charge in [-0.05, 0) is 26.3 Å². The van der Waals surface area contributed by atoms with Gasteiger partial charge in [-0.15, -0.1) is 0 Å². The van der Waals surface area contributed by atoms with E-state index < -0.39 is 42.3 Å². The average molecular weight is 326 g/mol. The Morgan fingerprint density at radius 1 is 1.35 bits per heavy atom. The molecule has 0 aromatic heterocycles. The molecule has 0 amide bonds. The van der Waals surface area contributed by atoms with Crippen LogP contribution in [-0.4, -0.2) is 47.4 Å². The van der Waals surface area contributed by atoms with Crippen molar-refractivity contribution in [3.05, 3.63) is 24.3 Å². The largest absolute Gasteiger partial charge is 0.459 e. The smallest absolute Gasteiger partial charge is 0.331 e. The lowest BCUT2D eigenvalue weighted by molar-refractivity contribution is -0.163. The van der Waals surface area contributed by atoms with Gasteiger partial charge in [-0.3, -0.25) is 9.59 Å². The van der Waals surface area contributed by atoms with Crippen molar-refractivity contribution in [1.82, 2.24) is 0 Å². The van der Waals surface area contributed by atoms with Gasteiger partial charge in [-0.1, -0.05) is 12.2 Å². The van der Waals surface area contributed by atoms with Crippen LogP contribution in [0.5, 0.6) is 0 Å². The zero-order valence-electron chi connectivity index (χ0n) is 13.4. The molecule has 1 rings (SSSR count). The molecule has 4 atom stereocenters. The van der Waals surface area contributed by atoms with E-state index in [9.17, 15) is 19.5 Å². The first-order valence-corrected chi connectivity index (χ1v) is 7.40. The average Bonchev–Trinajstić information content (AvgIpc) is 2.46. The third-order valence-electron chi connectivity index (χ3n) is 3.16. The summed E-state index contributed by atoms with van der Waals surface area (Å²) in [5.74, 6) is -1.67. The number of carbonyl (C=O) groups excluding carboxylic acids is 3. The molecule has 0 aromatic carbocycles. The summed E-state index contributed by atoms with van der Waals surface area (Å²) in [6, 6.07) is 0. The van der Waals surface area contributed by atoms with Gasteiger partial charge in [0.05, 0.1) is 0 Å². The van der Waals surface area contributed by atoms with Gasteiger partial charge < -0.3 is 19.3 Å². The maximum Gasteiger partial charge on any atom is 0.331 e. The molecule has 0 saturated carbocycles. The fourth-order valence-electron chi connectivity index (χ4n) is 2.05. The Morgan fingerprint density at radius 2 is 2.04 bits per heavy atom. The molecule has 0 aromatic rings. The van der Waals surface area contributed by atoms with Gasteiger partial charge in [0.2, 0.25) is 0 Å². The van der Waals surface area contributed by atoms with Crippen LogP contribution >= 0.6 is 0 Å². The van der Waals surface area contributed by atoms with Crippen molar-refractivity contribution >= 4 is 17.9 Å². The summed E-state index contributed by atoms with van der Waals surface area (Å²) < 4.78 is 15.4. The molecular formula is C16H22O7. The van der Waals surface area contributed by atoms with E-state index in [1.54, 1.807) is 13.8 Å². The quantitative estimate of drug-likeness (QED) is 0.358. The third kappa shape index (κ3) is 6.65. The summed E-state index contributed by atoms with van der Waals surface area (Å²) in [7, 11) is 0. The molecule has 0 saturated heterocycles. The van der Waals surface area contributed by atoms with Crippen LogP contribution in [0.15, 0.2) is 24.3 Å². The number of carbonyl (C=O) groups is 3. The van der Waals surface area contributed by atoms with E-state index >= 15 is 0 Å². The first-order chi connectivity index (χ1) is 10.8. The first kappa shape index (κ1) is 18.9. The van der Waals surface area contributed by atoms with E-state index in [0.29, 0.717) is 0 Å². The molecule has 1 heterocycles. The second-order valence-electron chi connectivity index (χ2n) is 5.16. The highest BCUT2D eigenvalue weighted by Crippen LogP contribution is 2.16. The number of hydrogen-bond acceptors (Lipinski definition) is 7. The first-order valence-electron chi connectivity index (χ1n) is 7.40. The van der Waals surface area contributed by atoms with Crippen LogP contribution in [0, 0.1) is 0 Å². The van der Waals surface area contributed by atoms with E-state index in [0.717, 1.165) is 0 Å². The normalized spacial score (nSPS) is 30.3. The van der Waals surface area contributed by atoms with Crippen molar-refractivity contribution in [3.63, 3.8) is 0 Å². The van der Waals surface area contributed by atoms with Crippen molar-refractivity contribution < 1.29 is 33.7 Å². The molecule has 0 spiro atoms. The van der Waals surface area contributed by atoms with Crippen LogP contribution in [0.4, 0.5) is 0 Å². The fourth-order valence-corrected chi connectivity index (χ4v) is 2.05. The third-order valence-corrected chi connectivity index (χ3v) is 3.16. The van der Waals surface area contributed by atoms with E-state index in [1.165, 1.54) is 31.2 Å². The number of esters is 3. The Kier molecular flexibility index (Phi) is 7.47. The molecule has 1 aliphatic rings. The Hall–Kier alpha value is -2.15. The minimum absolute atomic E-state index is 0.0251. The summed E-state index contributed by atoms with van der Waals surface area (Å²) >= 11 is 0. The maximum absolute atomic E-state index is 11.8. The Morgan fingerprint density at radius 3 is 2.65 bits per heavy atom. The number of rotatable bonds is 3. The van der Waals surface area contributed by atoms with Crippen LogP contribution in [0.1, 0.15) is 33.6 Å². The topological polar surface area (TPSA) is 99.1 Å². The van der Waals surface area contributed by atoms with E-state index in [1.807, 2.05) is 0 Å². The van der Waals surface area contributed by atoms with E-state index in [2.05, 4.69) is 0 Å². The molecule has 23 heavy (non-hydrogen) atoms. The van der Waals surface area contributed by atoms with E-state index in [-0.39, 0.29) is 12.8 Å². The number of ether oxygens (including phenoxy) is 3. The second kappa shape index (κ2) is 9.09. The standard InChI is InChI=1S/C16H22O7/c1-4-5-15(19)23-13-7-6-12(18)14(22-11(3)17)8-9-16(20)21-10(13)2/h4-7,10,12-14,18H,8-9H2,1-3H3/b5-4+,7-6-/t10-,12-,13+,14-/m0/s1. The number of aliphatic hydroxyl groups excluding tert-OH is 1. The lowest BCUT2D eigenvalue weighted by Gasteiger charge is -2.25. The predicted octanol–water partition coefficient (Wildman–Crippen LogP) is 1.05. The summed E-state index contributed by atoms with van der Waals surface area (Å²) in [4.78, 5) is 34.4. The second-order valence-corrected chi connectivity index (χ2v) is 5.16. The van der Waals surface area contributed by atoms with Crippen molar-refractivity contribution in [2.24, 2.45) is 0 Å². The monoisotopic (exact) mass is 326 g/mol. The summed E-state index contributed by atoms with van der Waals surface area (Å²) in [6.07, 6.45) is 2.13. The fraction of sp³-hybridized carbons (Fsp3) is 0.562. The van der Waals surface area contributed by atoms with Crippen LogP contribution in [-0.2, 0) is 28.6 Å². The van der Waals surface area contributed by atoms with Gasteiger partial charge in [0.25, 0.3) is 0 Å². The number of allylic oxidation sites excluding steroid dienone is 1. The Balaban J connectivity index is 2.93. The molecule has 0 unspecified atom stereocenters. The van der Waals surface area contributed by atoms with Crippen molar-refractivity contribution in [3.8, 4) is 0 Å². The lowest BCUT2D eigenvalue weighted by atomic mass is 10.0. The van der Waals surface area contributed by atoms with Crippen LogP contribution in [0.2, 0.25) is 0 Å². The highest BCUT2D eigenvalue weighted by Gasteiger charge is 2.27. The van der Waals surface area contributed by atoms with Crippen LogP contribution < -0.4 is 0 Å². The molecule has 1 N–H and O–H groups in total. The van der Waals surface area contributed by atoms with Crippen molar-refractivity contribution in [1.29, 1.82) is 0 Å². The molecule has 0 fully saturated rings. The highest BCUT2D eigenvalue weighted by atomic mass is 16.6. The molecule has 1 aliphatic heterocycles. The van der Waals surface area contributed by atoms with Crippen molar-refractivity contribution in [2.45, 2.75) is 58.0 Å². The van der Waals surface area contributed by atoms with Gasteiger partial charge >= 0.3 is 17.9 Å². The summed E-state index contributed by atoms with van der Waals surface area (Å²) in [5, 5.41) is 10.1. The number of hydrogen-bond donors (Lipinski definition) is 1. The molecule has 128 valence electrons. The van der Waals surface area contributed by atoms with Gasteiger partial charge in [0.1, 0.15) is 18.3 Å². The number of cyclic esters (lactones) is 1. The maximum atomic E-state index is 11.8. The highest BCUT2D eigenvalue weighted by molar-refractivity contribution is 5.82. The lowest BCUT2D eigenvalue weighted by Crippen LogP contribution is -2.35. The zero-order chi connectivity index (χ0) is 17.4. The van der Waals surface area contributed by atoms with Gasteiger partial charge in [0, 0.05) is 19.4 Å². The molecule has 7 nitrogen and oxygen atoms in total.